The van der Waals surface area contributed by atoms with Crippen molar-refractivity contribution < 1.29 is 4.79 Å². The highest BCUT2D eigenvalue weighted by Gasteiger charge is 2.30. The normalized spacial score (nSPS) is 21.0. The molecule has 1 amide bonds. The second kappa shape index (κ2) is 10.5. The van der Waals surface area contributed by atoms with Gasteiger partial charge in [0.15, 0.2) is 0 Å². The molecular formula is C29H34N6O. The molecule has 186 valence electrons. The molecule has 2 aliphatic rings. The van der Waals surface area contributed by atoms with Crippen molar-refractivity contribution in [1.82, 2.24) is 30.5 Å². The fourth-order valence-corrected chi connectivity index (χ4v) is 5.20. The standard InChI is InChI=1S/C29H34N6O/c1-21-15-29(2,12-14-31-21)28(36)33-16-22-8-10-23(11-9-22)18-35(19-25-17-30-20-34-25)26-7-3-5-24-6-4-13-32-27(24)26/h4,6,8-15,17,20,26,31H,3,5,7,16,18-19H2,1-2H3,(H,30,34)(H,33,36). The summed E-state index contributed by atoms with van der Waals surface area (Å²) in [7, 11) is 0. The molecule has 0 fully saturated rings. The van der Waals surface area contributed by atoms with E-state index in [1.165, 1.54) is 23.2 Å². The van der Waals surface area contributed by atoms with Crippen LogP contribution in [0.25, 0.3) is 0 Å². The monoisotopic (exact) mass is 482 g/mol. The van der Waals surface area contributed by atoms with Gasteiger partial charge in [0.1, 0.15) is 0 Å². The first-order valence-electron chi connectivity index (χ1n) is 12.6. The third-order valence-electron chi connectivity index (χ3n) is 7.14. The van der Waals surface area contributed by atoms with Crippen molar-refractivity contribution in [3.63, 3.8) is 0 Å². The van der Waals surface area contributed by atoms with Crippen LogP contribution >= 0.6 is 0 Å². The summed E-state index contributed by atoms with van der Waals surface area (Å²) in [5.41, 5.74) is 6.33. The van der Waals surface area contributed by atoms with E-state index in [4.69, 9.17) is 4.98 Å². The van der Waals surface area contributed by atoms with E-state index in [-0.39, 0.29) is 11.9 Å². The lowest BCUT2D eigenvalue weighted by molar-refractivity contribution is -0.126. The number of pyridine rings is 1. The maximum absolute atomic E-state index is 12.8. The highest BCUT2D eigenvalue weighted by Crippen LogP contribution is 2.34. The first kappa shape index (κ1) is 24.0. The van der Waals surface area contributed by atoms with Crippen LogP contribution in [0.3, 0.4) is 0 Å². The SMILES string of the molecule is CC1=CC(C)(C(=O)NCc2ccc(CN(Cc3cnc[nH]3)C3CCCc4cccnc43)cc2)C=CN1. The van der Waals surface area contributed by atoms with Crippen molar-refractivity contribution >= 4 is 5.91 Å². The van der Waals surface area contributed by atoms with Gasteiger partial charge >= 0.3 is 0 Å². The zero-order valence-electron chi connectivity index (χ0n) is 21.0. The van der Waals surface area contributed by atoms with Crippen LogP contribution in [-0.2, 0) is 30.8 Å². The number of aromatic amines is 1. The fraction of sp³-hybridized carbons (Fsp3) is 0.345. The molecule has 3 heterocycles. The van der Waals surface area contributed by atoms with Crippen LogP contribution < -0.4 is 10.6 Å². The molecule has 7 nitrogen and oxygen atoms in total. The summed E-state index contributed by atoms with van der Waals surface area (Å²) in [6.45, 7) is 5.99. The molecule has 2 aromatic heterocycles. The van der Waals surface area contributed by atoms with Crippen molar-refractivity contribution in [2.24, 2.45) is 5.41 Å². The summed E-state index contributed by atoms with van der Waals surface area (Å²) >= 11 is 0. The van der Waals surface area contributed by atoms with E-state index in [1.807, 2.05) is 50.7 Å². The first-order chi connectivity index (χ1) is 17.5. The number of dihydropyridines is 1. The predicted molar refractivity (Wildman–Crippen MR) is 140 cm³/mol. The van der Waals surface area contributed by atoms with Crippen LogP contribution in [0.15, 0.2) is 79.2 Å². The zero-order valence-corrected chi connectivity index (χ0v) is 21.0. The van der Waals surface area contributed by atoms with Gasteiger partial charge in [0.25, 0.3) is 0 Å². The van der Waals surface area contributed by atoms with Gasteiger partial charge in [-0.3, -0.25) is 14.7 Å². The maximum Gasteiger partial charge on any atom is 0.234 e. The van der Waals surface area contributed by atoms with Gasteiger partial charge in [-0.15, -0.1) is 0 Å². The number of nitrogens with one attached hydrogen (secondary N) is 3. The van der Waals surface area contributed by atoms with Crippen molar-refractivity contribution in [1.29, 1.82) is 0 Å². The highest BCUT2D eigenvalue weighted by atomic mass is 16.2. The molecule has 36 heavy (non-hydrogen) atoms. The molecule has 0 radical (unpaired) electrons. The molecule has 1 aromatic carbocycles. The Labute approximate surface area is 212 Å². The van der Waals surface area contributed by atoms with E-state index in [1.54, 1.807) is 6.33 Å². The number of imidazole rings is 1. The number of rotatable bonds is 8. The van der Waals surface area contributed by atoms with Gasteiger partial charge in [0.05, 0.1) is 23.5 Å². The van der Waals surface area contributed by atoms with E-state index < -0.39 is 5.41 Å². The third-order valence-corrected chi connectivity index (χ3v) is 7.14. The Morgan fingerprint density at radius 1 is 1.19 bits per heavy atom. The summed E-state index contributed by atoms with van der Waals surface area (Å²) in [5, 5.41) is 6.21. The zero-order chi connectivity index (χ0) is 25.0. The van der Waals surface area contributed by atoms with Gasteiger partial charge in [-0.25, -0.2) is 4.98 Å². The van der Waals surface area contributed by atoms with E-state index in [9.17, 15) is 4.79 Å². The molecule has 3 N–H and O–H groups in total. The Bertz CT molecular complexity index is 1250. The van der Waals surface area contributed by atoms with Crippen LogP contribution in [0, 0.1) is 5.41 Å². The van der Waals surface area contributed by atoms with Crippen LogP contribution in [0.5, 0.6) is 0 Å². The van der Waals surface area contributed by atoms with Crippen LogP contribution in [0.2, 0.25) is 0 Å². The smallest absolute Gasteiger partial charge is 0.234 e. The first-order valence-corrected chi connectivity index (χ1v) is 12.6. The van der Waals surface area contributed by atoms with Crippen molar-refractivity contribution in [2.45, 2.75) is 58.8 Å². The van der Waals surface area contributed by atoms with Gasteiger partial charge in [-0.1, -0.05) is 30.3 Å². The Balaban J connectivity index is 1.27. The number of fused-ring (bicyclic) bond motifs is 1. The van der Waals surface area contributed by atoms with E-state index in [0.717, 1.165) is 42.9 Å². The number of hydrogen-bond acceptors (Lipinski definition) is 5. The quantitative estimate of drug-likeness (QED) is 0.439. The van der Waals surface area contributed by atoms with Crippen molar-refractivity contribution in [3.8, 4) is 0 Å². The molecule has 1 aliphatic carbocycles. The molecule has 0 saturated carbocycles. The summed E-state index contributed by atoms with van der Waals surface area (Å²) in [4.78, 5) is 27.6. The van der Waals surface area contributed by atoms with E-state index >= 15 is 0 Å². The van der Waals surface area contributed by atoms with Gasteiger partial charge < -0.3 is 15.6 Å². The molecule has 0 spiro atoms. The minimum Gasteiger partial charge on any atom is -0.366 e. The Kier molecular flexibility index (Phi) is 7.00. The second-order valence-electron chi connectivity index (χ2n) is 10.0. The number of carbonyl (C=O) groups excluding carboxylic acids is 1. The average Bonchev–Trinajstić information content (AvgIpc) is 3.40. The fourth-order valence-electron chi connectivity index (χ4n) is 5.20. The van der Waals surface area contributed by atoms with Gasteiger partial charge in [0, 0.05) is 43.4 Å². The molecule has 7 heteroatoms. The molecule has 1 aliphatic heterocycles. The van der Waals surface area contributed by atoms with Crippen LogP contribution in [0.1, 0.15) is 60.8 Å². The minimum absolute atomic E-state index is 0.00197. The number of nitrogens with zero attached hydrogens (tertiary/aromatic N) is 3. The molecule has 0 saturated heterocycles. The maximum atomic E-state index is 12.8. The van der Waals surface area contributed by atoms with Crippen molar-refractivity contribution in [3.05, 3.63) is 107 Å². The van der Waals surface area contributed by atoms with Gasteiger partial charge in [-0.05, 0) is 74.2 Å². The number of amides is 1. The number of allylic oxidation sites excluding steroid dienone is 1. The summed E-state index contributed by atoms with van der Waals surface area (Å²) < 4.78 is 0. The number of hydrogen-bond donors (Lipinski definition) is 3. The average molecular weight is 483 g/mol. The minimum atomic E-state index is -0.632. The Morgan fingerprint density at radius 2 is 2.03 bits per heavy atom. The number of aryl methyl sites for hydroxylation is 1. The third kappa shape index (κ3) is 5.41. The van der Waals surface area contributed by atoms with Gasteiger partial charge in [-0.2, -0.15) is 0 Å². The van der Waals surface area contributed by atoms with E-state index in [0.29, 0.717) is 6.54 Å². The van der Waals surface area contributed by atoms with Gasteiger partial charge in [0.2, 0.25) is 5.91 Å². The van der Waals surface area contributed by atoms with Crippen molar-refractivity contribution in [2.75, 3.05) is 0 Å². The number of aromatic nitrogens is 3. The lowest BCUT2D eigenvalue weighted by Gasteiger charge is -2.35. The van der Waals surface area contributed by atoms with Crippen LogP contribution in [0.4, 0.5) is 0 Å². The summed E-state index contributed by atoms with van der Waals surface area (Å²) in [6, 6.07) is 13.1. The number of carbonyl (C=O) groups is 1. The molecule has 0 bridgehead atoms. The largest absolute Gasteiger partial charge is 0.366 e. The summed E-state index contributed by atoms with van der Waals surface area (Å²) in [5.74, 6) is -0.00197. The topological polar surface area (TPSA) is 85.9 Å². The van der Waals surface area contributed by atoms with Crippen LogP contribution in [-0.4, -0.2) is 25.8 Å². The van der Waals surface area contributed by atoms with E-state index in [2.05, 4.69) is 55.8 Å². The summed E-state index contributed by atoms with van der Waals surface area (Å²) in [6.07, 6.45) is 14.6. The number of H-pyrrole nitrogens is 1. The number of benzene rings is 1. The predicted octanol–water partition coefficient (Wildman–Crippen LogP) is 4.53. The lowest BCUT2D eigenvalue weighted by atomic mass is 9.87. The molecule has 2 unspecified atom stereocenters. The molecule has 5 rings (SSSR count). The Morgan fingerprint density at radius 3 is 2.81 bits per heavy atom. The molecule has 3 aromatic rings. The highest BCUT2D eigenvalue weighted by molar-refractivity contribution is 5.86. The Hall–Kier alpha value is -3.71. The lowest BCUT2D eigenvalue weighted by Crippen LogP contribution is -2.38. The molecular weight excluding hydrogens is 448 g/mol. The second-order valence-corrected chi connectivity index (χ2v) is 10.0. The molecule has 2 atom stereocenters.